The van der Waals surface area contributed by atoms with E-state index in [1.165, 1.54) is 37.0 Å². The van der Waals surface area contributed by atoms with E-state index in [2.05, 4.69) is 22.2 Å². The summed E-state index contributed by atoms with van der Waals surface area (Å²) in [5.74, 6) is 0.591. The monoisotopic (exact) mass is 486 g/mol. The van der Waals surface area contributed by atoms with E-state index < -0.39 is 0 Å². The number of ketones is 1. The number of hydrogen-bond acceptors (Lipinski definition) is 6. The predicted octanol–water partition coefficient (Wildman–Crippen LogP) is 5.82. The predicted molar refractivity (Wildman–Crippen MR) is 137 cm³/mol. The molecule has 2 aliphatic rings. The van der Waals surface area contributed by atoms with Crippen molar-refractivity contribution in [3.8, 4) is 0 Å². The lowest BCUT2D eigenvalue weighted by molar-refractivity contribution is 0.0720. The quantitative estimate of drug-likeness (QED) is 0.304. The van der Waals surface area contributed by atoms with Gasteiger partial charge in [0.1, 0.15) is 11.9 Å². The van der Waals surface area contributed by atoms with Crippen LogP contribution in [0.2, 0.25) is 4.34 Å². The summed E-state index contributed by atoms with van der Waals surface area (Å²) in [5.41, 5.74) is 4.03. The minimum absolute atomic E-state index is 0.0979. The molecule has 2 aromatic rings. The Morgan fingerprint density at radius 3 is 2.64 bits per heavy atom. The van der Waals surface area contributed by atoms with E-state index in [4.69, 9.17) is 21.8 Å². The first-order valence-electron chi connectivity index (χ1n) is 11.6. The zero-order chi connectivity index (χ0) is 23.4. The molecular formula is C25H31ClN4O2S. The SMILES string of the molecule is CN(C)C(=N)c1ccc(C2=NOC(CCC(=O)c3ccc(Cl)s3)C2)c(N2CCCCCC2)c1. The third-order valence-electron chi connectivity index (χ3n) is 6.25. The molecule has 2 aliphatic heterocycles. The van der Waals surface area contributed by atoms with Gasteiger partial charge in [-0.3, -0.25) is 10.2 Å². The summed E-state index contributed by atoms with van der Waals surface area (Å²) >= 11 is 7.28. The van der Waals surface area contributed by atoms with Crippen LogP contribution in [-0.2, 0) is 4.84 Å². The van der Waals surface area contributed by atoms with Gasteiger partial charge >= 0.3 is 0 Å². The fourth-order valence-electron chi connectivity index (χ4n) is 4.38. The van der Waals surface area contributed by atoms with Crippen LogP contribution in [0.4, 0.5) is 5.69 Å². The van der Waals surface area contributed by atoms with Crippen molar-refractivity contribution in [3.63, 3.8) is 0 Å². The van der Waals surface area contributed by atoms with Crippen LogP contribution in [0.3, 0.4) is 0 Å². The molecule has 4 rings (SSSR count). The van der Waals surface area contributed by atoms with E-state index >= 15 is 0 Å². The summed E-state index contributed by atoms with van der Waals surface area (Å²) in [4.78, 5) is 23.1. The van der Waals surface area contributed by atoms with Gasteiger partial charge in [-0.15, -0.1) is 11.3 Å². The van der Waals surface area contributed by atoms with Gasteiger partial charge in [-0.2, -0.15) is 0 Å². The summed E-state index contributed by atoms with van der Waals surface area (Å²) in [6.07, 6.45) is 6.50. The summed E-state index contributed by atoms with van der Waals surface area (Å²) in [7, 11) is 3.79. The molecule has 33 heavy (non-hydrogen) atoms. The molecule has 1 fully saturated rings. The van der Waals surface area contributed by atoms with E-state index in [9.17, 15) is 4.79 Å². The number of nitrogens with zero attached hydrogens (tertiary/aromatic N) is 3. The second-order valence-electron chi connectivity index (χ2n) is 8.91. The van der Waals surface area contributed by atoms with E-state index in [0.717, 1.165) is 35.6 Å². The number of hydrogen-bond donors (Lipinski definition) is 1. The maximum atomic E-state index is 12.4. The average molecular weight is 487 g/mol. The van der Waals surface area contributed by atoms with Crippen molar-refractivity contribution in [2.45, 2.75) is 51.0 Å². The Hall–Kier alpha value is -2.38. The fraction of sp³-hybridized carbons (Fsp3) is 0.480. The van der Waals surface area contributed by atoms with Gasteiger partial charge in [0.05, 0.1) is 14.9 Å². The van der Waals surface area contributed by atoms with Crippen LogP contribution in [0.25, 0.3) is 0 Å². The zero-order valence-electron chi connectivity index (χ0n) is 19.3. The molecule has 1 N–H and O–H groups in total. The Balaban J connectivity index is 1.49. The molecular weight excluding hydrogens is 456 g/mol. The smallest absolute Gasteiger partial charge is 0.172 e. The second-order valence-corrected chi connectivity index (χ2v) is 10.6. The number of rotatable bonds is 7. The number of benzene rings is 1. The van der Waals surface area contributed by atoms with Crippen molar-refractivity contribution < 1.29 is 9.63 Å². The molecule has 0 radical (unpaired) electrons. The van der Waals surface area contributed by atoms with Crippen molar-refractivity contribution in [2.24, 2.45) is 5.16 Å². The summed E-state index contributed by atoms with van der Waals surface area (Å²) in [6.45, 7) is 2.03. The summed E-state index contributed by atoms with van der Waals surface area (Å²) < 4.78 is 0.632. The largest absolute Gasteiger partial charge is 0.392 e. The standard InChI is InChI=1S/C25H31ClN4O2S/c1-29(2)25(27)17-7-9-19(21(15-17)30-13-5-3-4-6-14-30)20-16-18(32-28-20)8-10-22(31)23-11-12-24(26)33-23/h7,9,11-12,15,18,27H,3-6,8,10,13-14,16H2,1-2H3. The third kappa shape index (κ3) is 5.76. The van der Waals surface area contributed by atoms with Crippen molar-refractivity contribution in [1.82, 2.24) is 4.90 Å². The van der Waals surface area contributed by atoms with Gasteiger partial charge in [-0.1, -0.05) is 41.7 Å². The maximum Gasteiger partial charge on any atom is 0.172 e. The summed E-state index contributed by atoms with van der Waals surface area (Å²) in [5, 5.41) is 12.9. The molecule has 0 amide bonds. The van der Waals surface area contributed by atoms with Gasteiger partial charge < -0.3 is 14.6 Å². The summed E-state index contributed by atoms with van der Waals surface area (Å²) in [6, 6.07) is 9.75. The molecule has 3 heterocycles. The van der Waals surface area contributed by atoms with Crippen molar-refractivity contribution in [2.75, 3.05) is 32.1 Å². The van der Waals surface area contributed by atoms with E-state index in [1.807, 2.05) is 25.1 Å². The number of nitrogens with one attached hydrogen (secondary N) is 1. The minimum Gasteiger partial charge on any atom is -0.392 e. The first-order chi connectivity index (χ1) is 15.9. The Labute approximate surface area is 204 Å². The Morgan fingerprint density at radius 2 is 1.97 bits per heavy atom. The molecule has 1 aromatic carbocycles. The fourth-order valence-corrected chi connectivity index (χ4v) is 5.39. The van der Waals surface area contributed by atoms with Crippen molar-refractivity contribution >= 4 is 46.0 Å². The molecule has 1 atom stereocenters. The van der Waals surface area contributed by atoms with Crippen molar-refractivity contribution in [3.05, 3.63) is 50.7 Å². The topological polar surface area (TPSA) is 69.0 Å². The molecule has 0 aliphatic carbocycles. The minimum atomic E-state index is -0.101. The maximum absolute atomic E-state index is 12.4. The van der Waals surface area contributed by atoms with Gasteiger partial charge in [-0.25, -0.2) is 0 Å². The number of anilines is 1. The zero-order valence-corrected chi connectivity index (χ0v) is 20.8. The van der Waals surface area contributed by atoms with Crippen LogP contribution >= 0.6 is 22.9 Å². The normalized spacial score (nSPS) is 18.5. The van der Waals surface area contributed by atoms with Gasteiger partial charge in [0.2, 0.25) is 0 Å². The van der Waals surface area contributed by atoms with Crippen molar-refractivity contribution in [1.29, 1.82) is 5.41 Å². The first-order valence-corrected chi connectivity index (χ1v) is 12.8. The number of carbonyl (C=O) groups is 1. The van der Waals surface area contributed by atoms with Gasteiger partial charge in [0.25, 0.3) is 0 Å². The molecule has 8 heteroatoms. The van der Waals surface area contributed by atoms with Crippen LogP contribution in [0, 0.1) is 5.41 Å². The highest BCUT2D eigenvalue weighted by atomic mass is 35.5. The number of thiophene rings is 1. The number of oxime groups is 1. The number of amidine groups is 1. The van der Waals surface area contributed by atoms with Gasteiger partial charge in [0.15, 0.2) is 5.78 Å². The molecule has 0 bridgehead atoms. The molecule has 0 spiro atoms. The Kier molecular flexibility index (Phi) is 7.71. The highest BCUT2D eigenvalue weighted by molar-refractivity contribution is 7.18. The van der Waals surface area contributed by atoms with E-state index in [-0.39, 0.29) is 11.9 Å². The lowest BCUT2D eigenvalue weighted by Gasteiger charge is -2.26. The average Bonchev–Trinajstić information content (AvgIpc) is 3.38. The van der Waals surface area contributed by atoms with Crippen LogP contribution in [0.15, 0.2) is 35.5 Å². The molecule has 176 valence electrons. The number of halogens is 1. The molecule has 1 aromatic heterocycles. The van der Waals surface area contributed by atoms with Crippen LogP contribution < -0.4 is 4.90 Å². The molecule has 1 unspecified atom stereocenters. The van der Waals surface area contributed by atoms with E-state index in [0.29, 0.717) is 34.3 Å². The van der Waals surface area contributed by atoms with Crippen LogP contribution in [-0.4, -0.2) is 55.5 Å². The number of carbonyl (C=O) groups excluding carboxylic acids is 1. The third-order valence-corrected chi connectivity index (χ3v) is 7.52. The highest BCUT2D eigenvalue weighted by Crippen LogP contribution is 2.31. The molecule has 6 nitrogen and oxygen atoms in total. The Bertz CT molecular complexity index is 1040. The first kappa shape index (κ1) is 23.8. The van der Waals surface area contributed by atoms with Crippen LogP contribution in [0.1, 0.15) is 65.7 Å². The second kappa shape index (κ2) is 10.7. The lowest BCUT2D eigenvalue weighted by atomic mass is 9.97. The molecule has 1 saturated heterocycles. The number of Topliss-reactive ketones (excluding diaryl/α,β-unsaturated/α-hetero) is 1. The highest BCUT2D eigenvalue weighted by Gasteiger charge is 2.27. The van der Waals surface area contributed by atoms with Gasteiger partial charge in [-0.05, 0) is 37.5 Å². The Morgan fingerprint density at radius 1 is 1.21 bits per heavy atom. The van der Waals surface area contributed by atoms with Crippen LogP contribution in [0.5, 0.6) is 0 Å². The van der Waals surface area contributed by atoms with Gasteiger partial charge in [0, 0.05) is 56.8 Å². The lowest BCUT2D eigenvalue weighted by Crippen LogP contribution is -2.27. The van der Waals surface area contributed by atoms with E-state index in [1.54, 1.807) is 12.1 Å². The molecule has 0 saturated carbocycles.